The molecule has 0 unspecified atom stereocenters. The van der Waals surface area contributed by atoms with Crippen molar-refractivity contribution >= 4 is 11.4 Å². The third kappa shape index (κ3) is 11.8. The first-order valence-corrected chi connectivity index (χ1v) is 16.4. The summed E-state index contributed by atoms with van der Waals surface area (Å²) in [7, 11) is 0. The molecule has 0 fully saturated rings. The van der Waals surface area contributed by atoms with Gasteiger partial charge in [0.05, 0.1) is 0 Å². The van der Waals surface area contributed by atoms with Crippen LogP contribution in [-0.4, -0.2) is 17.9 Å². The molecule has 0 bridgehead atoms. The zero-order valence-corrected chi connectivity index (χ0v) is 26.6. The van der Waals surface area contributed by atoms with Crippen molar-refractivity contribution in [2.75, 3.05) is 13.2 Å². The van der Waals surface area contributed by atoms with Crippen LogP contribution in [0.1, 0.15) is 121 Å². The van der Waals surface area contributed by atoms with Crippen molar-refractivity contribution in [1.29, 1.82) is 0 Å². The summed E-state index contributed by atoms with van der Waals surface area (Å²) in [5.74, 6) is 0. The van der Waals surface area contributed by atoms with Crippen LogP contribution in [0.2, 0.25) is 0 Å². The molecule has 40 heavy (non-hydrogen) atoms. The number of hydrogen-bond donors (Lipinski definition) is 0. The average Bonchev–Trinajstić information content (AvgIpc) is 3.31. The van der Waals surface area contributed by atoms with E-state index in [0.29, 0.717) is 0 Å². The van der Waals surface area contributed by atoms with Crippen molar-refractivity contribution in [3.8, 4) is 0 Å². The molecule has 0 N–H and O–H groups in total. The Morgan fingerprint density at radius 3 is 1.75 bits per heavy atom. The fourth-order valence-electron chi connectivity index (χ4n) is 4.55. The summed E-state index contributed by atoms with van der Waals surface area (Å²) < 4.78 is 11.4. The summed E-state index contributed by atoms with van der Waals surface area (Å²) in [6, 6.07) is 17.4. The van der Waals surface area contributed by atoms with Crippen LogP contribution in [-0.2, 0) is 35.7 Å². The van der Waals surface area contributed by atoms with Gasteiger partial charge in [0.1, 0.15) is 0 Å². The number of rotatable bonds is 18. The van der Waals surface area contributed by atoms with Crippen LogP contribution in [0.5, 0.6) is 0 Å². The van der Waals surface area contributed by atoms with Gasteiger partial charge >= 0.3 is 62.7 Å². The Hall–Kier alpha value is -2.07. The van der Waals surface area contributed by atoms with E-state index in [9.17, 15) is 5.53 Å². The molecule has 0 radical (unpaired) electrons. The monoisotopic (exact) mass is 590 g/mol. The minimum atomic E-state index is 0.781. The predicted molar refractivity (Wildman–Crippen MR) is 165 cm³/mol. The second-order valence-electron chi connectivity index (χ2n) is 10.4. The van der Waals surface area contributed by atoms with Gasteiger partial charge in [-0.15, -0.1) is 0 Å². The van der Waals surface area contributed by atoms with E-state index >= 15 is 0 Å². The molecule has 2 aromatic carbocycles. The van der Waals surface area contributed by atoms with Crippen LogP contribution >= 0.6 is 0 Å². The van der Waals surface area contributed by atoms with Gasteiger partial charge in [-0.1, -0.05) is 70.7 Å². The van der Waals surface area contributed by atoms with Gasteiger partial charge in [0.15, 0.2) is 0 Å². The molecule has 3 rings (SSSR count). The fourth-order valence-corrected chi connectivity index (χ4v) is 5.20. The van der Waals surface area contributed by atoms with Gasteiger partial charge in [0, 0.05) is 22.8 Å². The third-order valence-corrected chi connectivity index (χ3v) is 7.41. The molecule has 224 valence electrons. The van der Waals surface area contributed by atoms with Gasteiger partial charge in [-0.3, -0.25) is 0 Å². The molecule has 2 aromatic rings. The average molecular weight is 592 g/mol. The Labute approximate surface area is 251 Å². The first-order chi connectivity index (χ1) is 19.6. The zero-order chi connectivity index (χ0) is 29.0. The molecule has 0 amide bonds. The quantitative estimate of drug-likeness (QED) is 0.0984. The normalized spacial score (nSPS) is 13.0. The van der Waals surface area contributed by atoms with Crippen LogP contribution in [0.4, 0.5) is 0 Å². The maximum atomic E-state index is 11.3. The van der Waals surface area contributed by atoms with Crippen LogP contribution in [0.15, 0.2) is 60.2 Å². The molecule has 1 aliphatic rings. The molecule has 0 saturated carbocycles. The van der Waals surface area contributed by atoms with Crippen molar-refractivity contribution in [2.24, 2.45) is 0 Å². The SMILES string of the molecule is CCCCCC1=C(c2cccc(CCCC)c2)[N+](=[N-])C(c2cccc(CCCC)c2)=C1.CCC[O][Ni][O]CCC. The molecule has 0 aromatic heterocycles. The standard InChI is InChI=1S/C29H38N2.2C3H7O.Ni/c1-4-7-10-17-27-22-28(25-18-11-15-23(20-25)13-8-5-2)31(30)29(27)26-19-12-16-24(21-26)14-9-6-3;2*1-2-3-4;/h11-12,15-16,18-22H,4-10,13-14,17H2,1-3H3;2*2-3H2,1H3;/q;2*-1;+2. The van der Waals surface area contributed by atoms with Crippen LogP contribution < -0.4 is 0 Å². The fraction of sp³-hybridized carbons (Fsp3) is 0.543. The summed E-state index contributed by atoms with van der Waals surface area (Å²) >= 11 is 0.942. The Kier molecular flexibility index (Phi) is 17.7. The minimum absolute atomic E-state index is 0.781. The Balaban J connectivity index is 0.000000536. The summed E-state index contributed by atoms with van der Waals surface area (Å²) in [5.41, 5.74) is 19.3. The van der Waals surface area contributed by atoms with E-state index in [4.69, 9.17) is 7.76 Å². The Morgan fingerprint density at radius 2 is 1.20 bits per heavy atom. The van der Waals surface area contributed by atoms with Crippen LogP contribution in [0, 0.1) is 0 Å². The topological polar surface area (TPSA) is 43.8 Å². The second kappa shape index (κ2) is 20.8. The van der Waals surface area contributed by atoms with E-state index in [1.54, 1.807) is 0 Å². The second-order valence-corrected chi connectivity index (χ2v) is 11.2. The molecule has 0 aliphatic carbocycles. The van der Waals surface area contributed by atoms with Gasteiger partial charge in [-0.05, 0) is 73.9 Å². The summed E-state index contributed by atoms with van der Waals surface area (Å²) in [5, 5.41) is 0. The summed E-state index contributed by atoms with van der Waals surface area (Å²) in [4.78, 5) is 0. The van der Waals surface area contributed by atoms with Crippen LogP contribution in [0.25, 0.3) is 16.9 Å². The van der Waals surface area contributed by atoms with Gasteiger partial charge < -0.3 is 5.53 Å². The van der Waals surface area contributed by atoms with E-state index in [0.717, 1.165) is 89.3 Å². The molecule has 4 nitrogen and oxygen atoms in total. The molecule has 5 heteroatoms. The number of nitrogens with zero attached hydrogens (tertiary/aromatic N) is 2. The van der Waals surface area contributed by atoms with Crippen molar-refractivity contribution in [3.63, 3.8) is 0 Å². The van der Waals surface area contributed by atoms with E-state index < -0.39 is 0 Å². The first-order valence-electron chi connectivity index (χ1n) is 15.5. The number of allylic oxidation sites excluding steroid dienone is 2. The Morgan fingerprint density at radius 1 is 0.650 bits per heavy atom. The molecule has 0 spiro atoms. The predicted octanol–water partition coefficient (Wildman–Crippen LogP) is 10.5. The first kappa shape index (κ1) is 34.1. The van der Waals surface area contributed by atoms with E-state index in [-0.39, 0.29) is 0 Å². The summed E-state index contributed by atoms with van der Waals surface area (Å²) in [6.07, 6.45) is 15.8. The third-order valence-electron chi connectivity index (χ3n) is 6.78. The van der Waals surface area contributed by atoms with E-state index in [1.165, 1.54) is 59.9 Å². The number of benzene rings is 2. The summed E-state index contributed by atoms with van der Waals surface area (Å²) in [6.45, 7) is 12.4. The van der Waals surface area contributed by atoms with Gasteiger partial charge in [0.2, 0.25) is 11.4 Å². The molecule has 0 atom stereocenters. The molecule has 0 saturated heterocycles. The number of hydrogen-bond acceptors (Lipinski definition) is 2. The van der Waals surface area contributed by atoms with Crippen molar-refractivity contribution < 1.29 is 27.5 Å². The van der Waals surface area contributed by atoms with Crippen molar-refractivity contribution in [3.05, 3.63) is 88.0 Å². The maximum absolute atomic E-state index is 11.3. The van der Waals surface area contributed by atoms with Gasteiger partial charge in [-0.25, -0.2) is 4.70 Å². The number of aryl methyl sites for hydroxylation is 2. The Bertz CT molecular complexity index is 1070. The molecular weight excluding hydrogens is 539 g/mol. The van der Waals surface area contributed by atoms with Gasteiger partial charge in [0.25, 0.3) is 0 Å². The molecule has 1 aliphatic heterocycles. The van der Waals surface area contributed by atoms with Gasteiger partial charge in [-0.2, -0.15) is 0 Å². The molecule has 1 heterocycles. The van der Waals surface area contributed by atoms with E-state index in [2.05, 4.69) is 89.2 Å². The zero-order valence-electron chi connectivity index (χ0n) is 25.6. The number of unbranched alkanes of at least 4 members (excludes halogenated alkanes) is 4. The van der Waals surface area contributed by atoms with E-state index in [1.807, 2.05) is 0 Å². The van der Waals surface area contributed by atoms with Crippen molar-refractivity contribution in [2.45, 2.75) is 112 Å². The van der Waals surface area contributed by atoms with Crippen LogP contribution in [0.3, 0.4) is 0 Å². The van der Waals surface area contributed by atoms with Crippen molar-refractivity contribution in [1.82, 2.24) is 0 Å². The molecular formula is C35H52N2NiO2.